The van der Waals surface area contributed by atoms with Gasteiger partial charge in [0.2, 0.25) is 0 Å². The van der Waals surface area contributed by atoms with Crippen molar-refractivity contribution in [3.05, 3.63) is 29.3 Å². The summed E-state index contributed by atoms with van der Waals surface area (Å²) in [6.45, 7) is 1.53. The van der Waals surface area contributed by atoms with Crippen LogP contribution in [0.4, 0.5) is 13.2 Å². The van der Waals surface area contributed by atoms with Crippen LogP contribution >= 0.6 is 0 Å². The van der Waals surface area contributed by atoms with Crippen molar-refractivity contribution in [2.75, 3.05) is 13.1 Å². The summed E-state index contributed by atoms with van der Waals surface area (Å²) < 4.78 is 43.8. The summed E-state index contributed by atoms with van der Waals surface area (Å²) in [6.07, 6.45) is -2.92. The molecule has 1 fully saturated rings. The minimum atomic E-state index is -4.55. The Morgan fingerprint density at radius 3 is 2.74 bits per heavy atom. The normalized spacial score (nSPS) is 19.8. The zero-order valence-corrected chi connectivity index (χ0v) is 10.1. The van der Waals surface area contributed by atoms with Crippen LogP contribution in [0.15, 0.2) is 18.2 Å². The molecule has 1 N–H and O–H groups in total. The minimum Gasteiger partial charge on any atom is -0.489 e. The van der Waals surface area contributed by atoms with Crippen LogP contribution in [0.2, 0.25) is 0 Å². The number of nitrogens with zero attached hydrogens (tertiary/aromatic N) is 1. The van der Waals surface area contributed by atoms with Gasteiger partial charge in [-0.25, -0.2) is 0 Å². The zero-order chi connectivity index (χ0) is 13.9. The van der Waals surface area contributed by atoms with Gasteiger partial charge in [0.25, 0.3) is 0 Å². The molecule has 1 aromatic carbocycles. The third kappa shape index (κ3) is 3.38. The molecule has 0 aromatic heterocycles. The van der Waals surface area contributed by atoms with Gasteiger partial charge in [0.15, 0.2) is 0 Å². The Labute approximate surface area is 109 Å². The molecule has 0 radical (unpaired) electrons. The highest BCUT2D eigenvalue weighted by Crippen LogP contribution is 2.34. The number of rotatable bonds is 2. The van der Waals surface area contributed by atoms with Crippen molar-refractivity contribution in [2.45, 2.75) is 25.1 Å². The van der Waals surface area contributed by atoms with Gasteiger partial charge in [-0.1, -0.05) is 0 Å². The van der Waals surface area contributed by atoms with Gasteiger partial charge >= 0.3 is 6.18 Å². The lowest BCUT2D eigenvalue weighted by Gasteiger charge is -2.24. The van der Waals surface area contributed by atoms with Crippen LogP contribution in [0, 0.1) is 11.3 Å². The summed E-state index contributed by atoms with van der Waals surface area (Å²) >= 11 is 0. The molecule has 1 unspecified atom stereocenters. The van der Waals surface area contributed by atoms with E-state index in [1.807, 2.05) is 0 Å². The Morgan fingerprint density at radius 1 is 1.37 bits per heavy atom. The predicted octanol–water partition coefficient (Wildman–Crippen LogP) is 2.71. The number of hydrogen-bond acceptors (Lipinski definition) is 3. The van der Waals surface area contributed by atoms with Crippen LogP contribution < -0.4 is 10.1 Å². The number of halogens is 3. The fourth-order valence-corrected chi connectivity index (χ4v) is 2.04. The smallest absolute Gasteiger partial charge is 0.417 e. The number of nitrogens with one attached hydrogen (secondary N) is 1. The molecule has 3 nitrogen and oxygen atoms in total. The molecule has 1 aliphatic rings. The second kappa shape index (κ2) is 5.49. The molecular weight excluding hydrogens is 257 g/mol. The first-order chi connectivity index (χ1) is 9.00. The van der Waals surface area contributed by atoms with Gasteiger partial charge in [-0.05, 0) is 37.6 Å². The molecule has 0 amide bonds. The summed E-state index contributed by atoms with van der Waals surface area (Å²) in [7, 11) is 0. The van der Waals surface area contributed by atoms with E-state index < -0.39 is 11.7 Å². The van der Waals surface area contributed by atoms with Crippen LogP contribution in [0.25, 0.3) is 0 Å². The van der Waals surface area contributed by atoms with E-state index in [0.29, 0.717) is 6.54 Å². The lowest BCUT2D eigenvalue weighted by Crippen LogP contribution is -2.37. The third-order valence-corrected chi connectivity index (χ3v) is 2.97. The maximum Gasteiger partial charge on any atom is 0.417 e. The second-order valence-electron chi connectivity index (χ2n) is 4.40. The lowest BCUT2D eigenvalue weighted by molar-refractivity contribution is -0.137. The number of nitriles is 1. The second-order valence-corrected chi connectivity index (χ2v) is 4.40. The van der Waals surface area contributed by atoms with E-state index in [4.69, 9.17) is 10.00 Å². The highest BCUT2D eigenvalue weighted by Gasteiger charge is 2.34. The first kappa shape index (κ1) is 13.7. The highest BCUT2D eigenvalue weighted by atomic mass is 19.4. The molecule has 102 valence electrons. The van der Waals surface area contributed by atoms with Crippen molar-refractivity contribution in [1.29, 1.82) is 5.26 Å². The maximum absolute atomic E-state index is 12.8. The summed E-state index contributed by atoms with van der Waals surface area (Å²) in [4.78, 5) is 0. The average Bonchev–Trinajstić information content (AvgIpc) is 2.39. The summed E-state index contributed by atoms with van der Waals surface area (Å²) in [5.74, 6) is 0.153. The van der Waals surface area contributed by atoms with Gasteiger partial charge in [0.05, 0.1) is 17.2 Å². The van der Waals surface area contributed by atoms with Crippen molar-refractivity contribution < 1.29 is 17.9 Å². The molecule has 1 atom stereocenters. The van der Waals surface area contributed by atoms with E-state index in [2.05, 4.69) is 5.32 Å². The quantitative estimate of drug-likeness (QED) is 0.898. The van der Waals surface area contributed by atoms with E-state index in [1.54, 1.807) is 6.07 Å². The first-order valence-corrected chi connectivity index (χ1v) is 5.99. The molecular formula is C13H13F3N2O. The Morgan fingerprint density at radius 2 is 2.16 bits per heavy atom. The fourth-order valence-electron chi connectivity index (χ4n) is 2.04. The number of ether oxygens (including phenoxy) is 1. The van der Waals surface area contributed by atoms with Gasteiger partial charge in [0, 0.05) is 6.54 Å². The molecule has 0 bridgehead atoms. The van der Waals surface area contributed by atoms with Gasteiger partial charge in [-0.3, -0.25) is 0 Å². The van der Waals surface area contributed by atoms with E-state index in [9.17, 15) is 13.2 Å². The van der Waals surface area contributed by atoms with E-state index in [1.165, 1.54) is 6.07 Å². The molecule has 19 heavy (non-hydrogen) atoms. The molecule has 1 aromatic rings. The fraction of sp³-hybridized carbons (Fsp3) is 0.462. The Balaban J connectivity index is 2.20. The van der Waals surface area contributed by atoms with Crippen molar-refractivity contribution in [3.8, 4) is 11.8 Å². The van der Waals surface area contributed by atoms with Crippen molar-refractivity contribution in [1.82, 2.24) is 5.32 Å². The van der Waals surface area contributed by atoms with Crippen LogP contribution in [0.5, 0.6) is 5.75 Å². The van der Waals surface area contributed by atoms with E-state index >= 15 is 0 Å². The average molecular weight is 270 g/mol. The predicted molar refractivity (Wildman–Crippen MR) is 62.7 cm³/mol. The molecule has 0 saturated carbocycles. The van der Waals surface area contributed by atoms with Crippen LogP contribution in [0.1, 0.15) is 24.0 Å². The largest absolute Gasteiger partial charge is 0.489 e. The summed E-state index contributed by atoms with van der Waals surface area (Å²) in [5, 5.41) is 11.8. The Kier molecular flexibility index (Phi) is 3.96. The van der Waals surface area contributed by atoms with Crippen molar-refractivity contribution in [2.24, 2.45) is 0 Å². The lowest BCUT2D eigenvalue weighted by atomic mass is 10.1. The molecule has 0 aliphatic carbocycles. The topological polar surface area (TPSA) is 45.0 Å². The van der Waals surface area contributed by atoms with E-state index in [-0.39, 0.29) is 17.4 Å². The molecule has 1 aliphatic heterocycles. The third-order valence-electron chi connectivity index (χ3n) is 2.97. The van der Waals surface area contributed by atoms with Crippen LogP contribution in [0.3, 0.4) is 0 Å². The summed E-state index contributed by atoms with van der Waals surface area (Å²) in [5.41, 5.74) is -1.34. The molecule has 6 heteroatoms. The van der Waals surface area contributed by atoms with Gasteiger partial charge in [-0.15, -0.1) is 0 Å². The Bertz CT molecular complexity index is 488. The van der Waals surface area contributed by atoms with Crippen LogP contribution in [-0.4, -0.2) is 19.2 Å². The molecule has 0 spiro atoms. The summed E-state index contributed by atoms with van der Waals surface area (Å²) in [6, 6.07) is 4.99. The number of benzene rings is 1. The molecule has 1 heterocycles. The standard InChI is InChI=1S/C13H13F3N2O/c14-13(15,16)12-6-10(4-3-9(12)7-17)19-11-2-1-5-18-8-11/h3-4,6,11,18H,1-2,5,8H2. The van der Waals surface area contributed by atoms with Crippen molar-refractivity contribution >= 4 is 0 Å². The highest BCUT2D eigenvalue weighted by molar-refractivity contribution is 5.44. The minimum absolute atomic E-state index is 0.122. The molecule has 1 saturated heterocycles. The first-order valence-electron chi connectivity index (χ1n) is 5.99. The Hall–Kier alpha value is -1.74. The number of alkyl halides is 3. The van der Waals surface area contributed by atoms with Gasteiger partial charge in [-0.2, -0.15) is 18.4 Å². The van der Waals surface area contributed by atoms with Gasteiger partial charge < -0.3 is 10.1 Å². The van der Waals surface area contributed by atoms with E-state index in [0.717, 1.165) is 31.5 Å². The van der Waals surface area contributed by atoms with Crippen LogP contribution in [-0.2, 0) is 6.18 Å². The van der Waals surface area contributed by atoms with Gasteiger partial charge in [0.1, 0.15) is 11.9 Å². The monoisotopic (exact) mass is 270 g/mol. The SMILES string of the molecule is N#Cc1ccc(OC2CCCNC2)cc1C(F)(F)F. The zero-order valence-electron chi connectivity index (χ0n) is 10.1. The maximum atomic E-state index is 12.8. The number of piperidine rings is 1. The van der Waals surface area contributed by atoms with Crippen molar-refractivity contribution in [3.63, 3.8) is 0 Å². The molecule has 2 rings (SSSR count). The number of hydrogen-bond donors (Lipinski definition) is 1.